The first-order valence-corrected chi connectivity index (χ1v) is 9.26. The van der Waals surface area contributed by atoms with Crippen molar-refractivity contribution in [2.24, 2.45) is 0 Å². The molecule has 2 aromatic carbocycles. The Kier molecular flexibility index (Phi) is 4.03. The fraction of sp³-hybridized carbons (Fsp3) is 0.0909. The molecule has 0 radical (unpaired) electrons. The summed E-state index contributed by atoms with van der Waals surface area (Å²) >= 11 is 6.16. The lowest BCUT2D eigenvalue weighted by molar-refractivity contribution is 0.0701. The molecule has 1 aliphatic heterocycles. The van der Waals surface area contributed by atoms with Gasteiger partial charge in [-0.2, -0.15) is 0 Å². The van der Waals surface area contributed by atoms with E-state index in [4.69, 9.17) is 20.4 Å². The van der Waals surface area contributed by atoms with E-state index in [1.807, 2.05) is 0 Å². The molecule has 5 nitrogen and oxygen atoms in total. The maximum Gasteiger partial charge on any atom is 0.291 e. The van der Waals surface area contributed by atoms with Crippen LogP contribution < -0.4 is 5.43 Å². The lowest BCUT2D eigenvalue weighted by Crippen LogP contribution is -2.29. The van der Waals surface area contributed by atoms with E-state index in [1.165, 1.54) is 23.3 Å². The van der Waals surface area contributed by atoms with Gasteiger partial charge in [0, 0.05) is 5.02 Å². The molecule has 0 saturated carbocycles. The third kappa shape index (κ3) is 2.84. The molecule has 0 N–H and O–H groups in total. The van der Waals surface area contributed by atoms with Gasteiger partial charge in [0.05, 0.1) is 29.8 Å². The van der Waals surface area contributed by atoms with E-state index < -0.39 is 23.2 Å². The predicted octanol–water partition coefficient (Wildman–Crippen LogP) is 4.92. The number of hydrogen-bond donors (Lipinski definition) is 0. The van der Waals surface area contributed by atoms with Crippen molar-refractivity contribution >= 4 is 28.5 Å². The number of carbonyl (C=O) groups is 1. The van der Waals surface area contributed by atoms with Crippen molar-refractivity contribution in [2.45, 2.75) is 12.6 Å². The monoisotopic (exact) mass is 409 g/mol. The van der Waals surface area contributed by atoms with Crippen LogP contribution in [0, 0.1) is 5.82 Å². The van der Waals surface area contributed by atoms with Crippen LogP contribution in [0.4, 0.5) is 4.39 Å². The van der Waals surface area contributed by atoms with Crippen LogP contribution in [0.2, 0.25) is 5.02 Å². The normalized spacial score (nSPS) is 15.9. The van der Waals surface area contributed by atoms with Gasteiger partial charge >= 0.3 is 0 Å². The molecule has 1 aliphatic rings. The minimum atomic E-state index is -0.731. The van der Waals surface area contributed by atoms with E-state index in [2.05, 4.69) is 0 Å². The molecule has 4 aromatic rings. The summed E-state index contributed by atoms with van der Waals surface area (Å²) in [4.78, 5) is 28.0. The number of nitrogens with zero attached hydrogens (tertiary/aromatic N) is 1. The highest BCUT2D eigenvalue weighted by Gasteiger charge is 2.43. The minimum absolute atomic E-state index is 0.0503. The van der Waals surface area contributed by atoms with E-state index in [-0.39, 0.29) is 28.8 Å². The average molecular weight is 410 g/mol. The fourth-order valence-electron chi connectivity index (χ4n) is 3.75. The first kappa shape index (κ1) is 17.7. The van der Waals surface area contributed by atoms with Crippen LogP contribution in [0.15, 0.2) is 74.5 Å². The Morgan fingerprint density at radius 2 is 1.93 bits per heavy atom. The van der Waals surface area contributed by atoms with Gasteiger partial charge in [-0.05, 0) is 48.0 Å². The predicted molar refractivity (Wildman–Crippen MR) is 104 cm³/mol. The molecule has 0 bridgehead atoms. The average Bonchev–Trinajstić information content (AvgIpc) is 3.31. The summed E-state index contributed by atoms with van der Waals surface area (Å²) in [5.41, 5.74) is 0.537. The summed E-state index contributed by atoms with van der Waals surface area (Å²) in [5, 5.41) is 0.556. The quantitative estimate of drug-likeness (QED) is 0.481. The maximum atomic E-state index is 13.8. The number of hydrogen-bond acceptors (Lipinski definition) is 4. The standard InChI is InChI=1S/C22H13ClFNO4/c23-13-4-1-3-12(9-13)19-18-20(26)16-10-14(24)6-7-17(16)29-21(18)22(27)25(19)11-15-5-2-8-28-15/h1-10,19H,11H2/t19-/m1/s1. The molecule has 0 unspecified atom stereocenters. The van der Waals surface area contributed by atoms with E-state index >= 15 is 0 Å². The lowest BCUT2D eigenvalue weighted by atomic mass is 9.98. The third-order valence-electron chi connectivity index (χ3n) is 5.00. The van der Waals surface area contributed by atoms with Crippen LogP contribution in [-0.2, 0) is 6.54 Å². The zero-order valence-electron chi connectivity index (χ0n) is 14.9. The SMILES string of the molecule is O=C1c2oc3ccc(F)cc3c(=O)c2[C@@H](c2cccc(Cl)c2)N1Cc1ccco1. The molecule has 3 heterocycles. The van der Waals surface area contributed by atoms with Crippen molar-refractivity contribution in [2.75, 3.05) is 0 Å². The van der Waals surface area contributed by atoms with Crippen molar-refractivity contribution in [1.29, 1.82) is 0 Å². The van der Waals surface area contributed by atoms with Crippen LogP contribution in [0.1, 0.15) is 33.5 Å². The smallest absolute Gasteiger partial charge is 0.291 e. The highest BCUT2D eigenvalue weighted by Crippen LogP contribution is 2.39. The van der Waals surface area contributed by atoms with Gasteiger partial charge < -0.3 is 13.7 Å². The van der Waals surface area contributed by atoms with Gasteiger partial charge in [-0.25, -0.2) is 4.39 Å². The number of amides is 1. The number of benzene rings is 2. The van der Waals surface area contributed by atoms with Gasteiger partial charge in [-0.3, -0.25) is 9.59 Å². The zero-order chi connectivity index (χ0) is 20.1. The fourth-order valence-corrected chi connectivity index (χ4v) is 3.95. The molecule has 0 fully saturated rings. The third-order valence-corrected chi connectivity index (χ3v) is 5.23. The minimum Gasteiger partial charge on any atom is -0.467 e. The van der Waals surface area contributed by atoms with E-state index in [9.17, 15) is 14.0 Å². The second kappa shape index (κ2) is 6.60. The number of fused-ring (bicyclic) bond motifs is 2. The molecule has 29 heavy (non-hydrogen) atoms. The Morgan fingerprint density at radius 1 is 1.07 bits per heavy atom. The Labute approximate surface area is 168 Å². The largest absolute Gasteiger partial charge is 0.467 e. The van der Waals surface area contributed by atoms with Crippen LogP contribution in [-0.4, -0.2) is 10.8 Å². The molecular weight excluding hydrogens is 397 g/mol. The molecule has 0 spiro atoms. The number of halogens is 2. The van der Waals surface area contributed by atoms with Crippen molar-refractivity contribution in [3.05, 3.63) is 105 Å². The molecule has 5 rings (SSSR count). The summed E-state index contributed by atoms with van der Waals surface area (Å²) in [6.45, 7) is 0.136. The molecule has 0 aliphatic carbocycles. The summed E-state index contributed by atoms with van der Waals surface area (Å²) in [7, 11) is 0. The van der Waals surface area contributed by atoms with E-state index in [0.29, 0.717) is 16.3 Å². The van der Waals surface area contributed by atoms with Gasteiger partial charge in [0.2, 0.25) is 5.76 Å². The number of furan rings is 1. The first-order valence-electron chi connectivity index (χ1n) is 8.88. The van der Waals surface area contributed by atoms with E-state index in [1.54, 1.807) is 36.4 Å². The molecule has 144 valence electrons. The van der Waals surface area contributed by atoms with Gasteiger partial charge in [0.25, 0.3) is 5.91 Å². The lowest BCUT2D eigenvalue weighted by Gasteiger charge is -2.24. The highest BCUT2D eigenvalue weighted by atomic mass is 35.5. The summed E-state index contributed by atoms with van der Waals surface area (Å²) in [6.07, 6.45) is 1.51. The second-order valence-electron chi connectivity index (χ2n) is 6.78. The Morgan fingerprint density at radius 3 is 2.69 bits per heavy atom. The Hall–Kier alpha value is -3.38. The van der Waals surface area contributed by atoms with Gasteiger partial charge in [0.15, 0.2) is 5.43 Å². The molecule has 1 atom stereocenters. The van der Waals surface area contributed by atoms with Gasteiger partial charge in [-0.1, -0.05) is 23.7 Å². The Balaban J connectivity index is 1.77. The van der Waals surface area contributed by atoms with Crippen molar-refractivity contribution in [3.63, 3.8) is 0 Å². The summed E-state index contributed by atoms with van der Waals surface area (Å²) in [5.74, 6) is -0.489. The van der Waals surface area contributed by atoms with Gasteiger partial charge in [0.1, 0.15) is 17.2 Å². The molecule has 7 heteroatoms. The maximum absolute atomic E-state index is 13.8. The Bertz CT molecular complexity index is 1310. The van der Waals surface area contributed by atoms with Gasteiger partial charge in [-0.15, -0.1) is 0 Å². The van der Waals surface area contributed by atoms with E-state index in [0.717, 1.165) is 6.07 Å². The number of rotatable bonds is 3. The number of carbonyl (C=O) groups excluding carboxylic acids is 1. The molecule has 0 saturated heterocycles. The molecule has 1 amide bonds. The van der Waals surface area contributed by atoms with Crippen LogP contribution in [0.25, 0.3) is 11.0 Å². The zero-order valence-corrected chi connectivity index (χ0v) is 15.7. The first-order chi connectivity index (χ1) is 14.0. The van der Waals surface area contributed by atoms with Crippen LogP contribution in [0.5, 0.6) is 0 Å². The van der Waals surface area contributed by atoms with Crippen molar-refractivity contribution < 1.29 is 18.0 Å². The van der Waals surface area contributed by atoms with Crippen LogP contribution in [0.3, 0.4) is 0 Å². The van der Waals surface area contributed by atoms with Crippen molar-refractivity contribution in [3.8, 4) is 0 Å². The highest BCUT2D eigenvalue weighted by molar-refractivity contribution is 6.30. The van der Waals surface area contributed by atoms with Crippen LogP contribution >= 0.6 is 11.6 Å². The molecular formula is C22H13ClFNO4. The topological polar surface area (TPSA) is 63.7 Å². The molecule has 2 aromatic heterocycles. The second-order valence-corrected chi connectivity index (χ2v) is 7.22. The summed E-state index contributed by atoms with van der Waals surface area (Å²) in [6, 6.07) is 13.3. The van der Waals surface area contributed by atoms with Crippen molar-refractivity contribution in [1.82, 2.24) is 4.90 Å². The summed E-state index contributed by atoms with van der Waals surface area (Å²) < 4.78 is 24.9.